The van der Waals surface area contributed by atoms with Crippen LogP contribution in [0.1, 0.15) is 71.6 Å². The number of nitrogens with one attached hydrogen (secondary N) is 1. The number of carboxylic acid groups (broad SMARTS) is 2. The summed E-state index contributed by atoms with van der Waals surface area (Å²) in [5.41, 5.74) is 0.706. The fourth-order valence-electron chi connectivity index (χ4n) is 7.89. The third-order valence-corrected chi connectivity index (χ3v) is 10.1. The Kier molecular flexibility index (Phi) is 7.68. The van der Waals surface area contributed by atoms with E-state index in [1.807, 2.05) is 0 Å². The molecule has 37 heavy (non-hydrogen) atoms. The number of fused-ring (bicyclic) bond motifs is 5. The van der Waals surface area contributed by atoms with Crippen LogP contribution in [-0.4, -0.2) is 63.5 Å². The molecule has 5 rings (SSSR count). The molecule has 9 nitrogen and oxygen atoms in total. The summed E-state index contributed by atoms with van der Waals surface area (Å²) in [6.07, 6.45) is 9.26. The molecule has 1 heterocycles. The highest BCUT2D eigenvalue weighted by molar-refractivity contribution is 5.89. The minimum atomic E-state index is -1.26. The first-order valence-corrected chi connectivity index (χ1v) is 13.4. The maximum atomic E-state index is 12.6. The summed E-state index contributed by atoms with van der Waals surface area (Å²) in [6, 6.07) is 0. The van der Waals surface area contributed by atoms with E-state index in [1.165, 1.54) is 0 Å². The molecule has 4 saturated carbocycles. The molecule has 0 bridgehead atoms. The summed E-state index contributed by atoms with van der Waals surface area (Å²) < 4.78 is 0. The molecule has 4 aliphatic carbocycles. The first-order valence-electron chi connectivity index (χ1n) is 13.4. The second-order valence-corrected chi connectivity index (χ2v) is 11.9. The van der Waals surface area contributed by atoms with Crippen molar-refractivity contribution in [1.82, 2.24) is 5.32 Å². The number of carboxylic acids is 2. The topological polar surface area (TPSA) is 146 Å². The van der Waals surface area contributed by atoms with Gasteiger partial charge in [-0.1, -0.05) is 25.6 Å². The highest BCUT2D eigenvalue weighted by atomic mass is 16.6. The van der Waals surface area contributed by atoms with Gasteiger partial charge in [-0.25, -0.2) is 9.59 Å². The second-order valence-electron chi connectivity index (χ2n) is 11.9. The number of rotatable bonds is 4. The lowest BCUT2D eigenvalue weighted by atomic mass is 9.43. The average molecular weight is 517 g/mol. The number of ketones is 1. The van der Waals surface area contributed by atoms with Crippen LogP contribution in [0.5, 0.6) is 0 Å². The molecule has 0 aromatic rings. The zero-order chi connectivity index (χ0) is 27.0. The Hall–Kier alpha value is -2.52. The number of carbonyl (C=O) groups excluding carboxylic acids is 1. The van der Waals surface area contributed by atoms with Crippen LogP contribution in [0.3, 0.4) is 0 Å². The molecule has 5 aliphatic rings. The third kappa shape index (κ3) is 5.00. The molecule has 0 aromatic carbocycles. The summed E-state index contributed by atoms with van der Waals surface area (Å²) >= 11 is 0. The van der Waals surface area contributed by atoms with E-state index in [0.29, 0.717) is 42.1 Å². The van der Waals surface area contributed by atoms with E-state index in [9.17, 15) is 19.5 Å². The summed E-state index contributed by atoms with van der Waals surface area (Å²) in [4.78, 5) is 37.5. The van der Waals surface area contributed by atoms with E-state index in [1.54, 1.807) is 0 Å². The van der Waals surface area contributed by atoms with Crippen LogP contribution in [0.4, 0.5) is 0 Å². The number of aliphatic hydroxyl groups is 1. The lowest BCUT2D eigenvalue weighted by Crippen LogP contribution is -2.63. The zero-order valence-electron chi connectivity index (χ0n) is 21.9. The summed E-state index contributed by atoms with van der Waals surface area (Å²) in [7, 11) is 0. The molecule has 0 aromatic heterocycles. The van der Waals surface area contributed by atoms with Crippen LogP contribution in [0.25, 0.3) is 0 Å². The normalized spacial score (nSPS) is 42.0. The molecule has 1 saturated heterocycles. The fourth-order valence-corrected chi connectivity index (χ4v) is 7.89. The van der Waals surface area contributed by atoms with E-state index in [-0.39, 0.29) is 16.9 Å². The van der Waals surface area contributed by atoms with Gasteiger partial charge in [0.15, 0.2) is 0 Å². The number of nitrogens with zero attached hydrogens (tertiary/aromatic N) is 1. The monoisotopic (exact) mass is 516 g/mol. The fraction of sp³-hybridized carbons (Fsp3) is 0.714. The van der Waals surface area contributed by atoms with Crippen LogP contribution >= 0.6 is 0 Å². The maximum Gasteiger partial charge on any atom is 0.328 e. The minimum absolute atomic E-state index is 0.141. The number of carbonyl (C=O) groups is 3. The molecule has 9 heteroatoms. The van der Waals surface area contributed by atoms with Crippen molar-refractivity contribution in [3.63, 3.8) is 0 Å². The Bertz CT molecular complexity index is 1000. The molecule has 0 radical (unpaired) electrons. The van der Waals surface area contributed by atoms with Gasteiger partial charge < -0.3 is 25.5 Å². The van der Waals surface area contributed by atoms with E-state index in [0.717, 1.165) is 75.7 Å². The molecule has 7 atom stereocenters. The maximum absolute atomic E-state index is 12.6. The zero-order valence-corrected chi connectivity index (χ0v) is 21.9. The van der Waals surface area contributed by atoms with Crippen molar-refractivity contribution < 1.29 is 34.5 Å². The summed E-state index contributed by atoms with van der Waals surface area (Å²) in [6.45, 7) is 10.7. The molecule has 0 spiro atoms. The Balaban J connectivity index is 0.000000349. The van der Waals surface area contributed by atoms with E-state index >= 15 is 0 Å². The highest BCUT2D eigenvalue weighted by Gasteiger charge is 2.65. The largest absolute Gasteiger partial charge is 0.478 e. The van der Waals surface area contributed by atoms with Gasteiger partial charge in [0.25, 0.3) is 0 Å². The molecular formula is C28H40N2O7. The average Bonchev–Trinajstić information content (AvgIpc) is 3.46. The van der Waals surface area contributed by atoms with Gasteiger partial charge in [0, 0.05) is 48.8 Å². The third-order valence-electron chi connectivity index (χ3n) is 10.1. The number of aliphatic carboxylic acids is 2. The summed E-state index contributed by atoms with van der Waals surface area (Å²) in [5, 5.41) is 35.4. The molecule has 0 amide bonds. The van der Waals surface area contributed by atoms with E-state index < -0.39 is 17.5 Å². The Morgan fingerprint density at radius 2 is 1.78 bits per heavy atom. The van der Waals surface area contributed by atoms with Crippen molar-refractivity contribution in [1.29, 1.82) is 0 Å². The molecule has 1 aliphatic heterocycles. The van der Waals surface area contributed by atoms with Crippen molar-refractivity contribution in [3.05, 3.63) is 24.3 Å². The highest BCUT2D eigenvalue weighted by Crippen LogP contribution is 2.67. The minimum Gasteiger partial charge on any atom is -0.478 e. The van der Waals surface area contributed by atoms with Crippen molar-refractivity contribution in [2.24, 2.45) is 33.7 Å². The standard InChI is InChI=1S/C24H36N2O3.C4H4O4/c1-15-12-18-19-4-5-21(27)22(19,2)9-7-20(18)23(3)10-6-16(13-24(15,23)28)26-29-17-8-11-25-14-17;5-3(6)1-2-4(7)8/h17-20,25,28H,1,4-14H2,2-3H3;1-2H,(H,5,6)(H,7,8)/b;2-1+/t17-,18-,19-,20-,22-,23+,24-;/m0./s1. The van der Waals surface area contributed by atoms with Gasteiger partial charge in [-0.3, -0.25) is 4.79 Å². The van der Waals surface area contributed by atoms with Gasteiger partial charge in [-0.15, -0.1) is 0 Å². The van der Waals surface area contributed by atoms with Gasteiger partial charge >= 0.3 is 11.9 Å². The van der Waals surface area contributed by atoms with Gasteiger partial charge in [0.05, 0.1) is 11.3 Å². The predicted molar refractivity (Wildman–Crippen MR) is 137 cm³/mol. The molecule has 204 valence electrons. The van der Waals surface area contributed by atoms with Gasteiger partial charge in [0.1, 0.15) is 11.9 Å². The quantitative estimate of drug-likeness (QED) is 0.253. The van der Waals surface area contributed by atoms with Crippen molar-refractivity contribution in [3.8, 4) is 0 Å². The number of oxime groups is 1. The molecule has 4 N–H and O–H groups in total. The van der Waals surface area contributed by atoms with Gasteiger partial charge in [0.2, 0.25) is 0 Å². The van der Waals surface area contributed by atoms with Crippen LogP contribution < -0.4 is 5.32 Å². The first kappa shape index (κ1) is 27.5. The van der Waals surface area contributed by atoms with Gasteiger partial charge in [-0.2, -0.15) is 0 Å². The number of Topliss-reactive ketones (excluding diaryl/α,β-unsaturated/α-hetero) is 1. The van der Waals surface area contributed by atoms with Crippen LogP contribution in [0.15, 0.2) is 29.5 Å². The Labute approximate surface area is 218 Å². The van der Waals surface area contributed by atoms with Gasteiger partial charge in [-0.05, 0) is 68.4 Å². The number of hydrogen-bond donors (Lipinski definition) is 4. The predicted octanol–water partition coefficient (Wildman–Crippen LogP) is 3.33. The van der Waals surface area contributed by atoms with Crippen molar-refractivity contribution in [2.75, 3.05) is 13.1 Å². The molecule has 0 unspecified atom stereocenters. The lowest BCUT2D eigenvalue weighted by Gasteiger charge is -2.63. The number of hydrogen-bond acceptors (Lipinski definition) is 7. The van der Waals surface area contributed by atoms with Crippen molar-refractivity contribution in [2.45, 2.75) is 83.3 Å². The summed E-state index contributed by atoms with van der Waals surface area (Å²) in [5.74, 6) is -0.644. The smallest absolute Gasteiger partial charge is 0.328 e. The van der Waals surface area contributed by atoms with Crippen LogP contribution in [-0.2, 0) is 19.2 Å². The second kappa shape index (κ2) is 10.3. The molecular weight excluding hydrogens is 476 g/mol. The molecule has 5 fully saturated rings. The lowest BCUT2D eigenvalue weighted by molar-refractivity contribution is -0.161. The van der Waals surface area contributed by atoms with Crippen LogP contribution in [0, 0.1) is 28.6 Å². The first-order chi connectivity index (χ1) is 17.4. The Morgan fingerprint density at radius 1 is 1.08 bits per heavy atom. The van der Waals surface area contributed by atoms with E-state index in [4.69, 9.17) is 15.1 Å². The van der Waals surface area contributed by atoms with Crippen LogP contribution in [0.2, 0.25) is 0 Å². The van der Waals surface area contributed by atoms with E-state index in [2.05, 4.69) is 30.9 Å². The SMILES string of the molecule is C=C1C[C@H]2[C@@H]3CCC(=O)[C@@]3(C)CC[C@@H]2[C@@]2(C)CCC(=NO[C@H]3CCNC3)C[C@]12O.O=C(O)/C=C/C(=O)O. The Morgan fingerprint density at radius 3 is 2.41 bits per heavy atom. The van der Waals surface area contributed by atoms with Crippen molar-refractivity contribution >= 4 is 23.4 Å².